The lowest BCUT2D eigenvalue weighted by Gasteiger charge is -2.16. The summed E-state index contributed by atoms with van der Waals surface area (Å²) >= 11 is 0. The fourth-order valence-corrected chi connectivity index (χ4v) is 1.22. The van der Waals surface area contributed by atoms with Gasteiger partial charge < -0.3 is 14.8 Å². The number of nitrogens with one attached hydrogen (secondary N) is 1. The summed E-state index contributed by atoms with van der Waals surface area (Å²) in [5.41, 5.74) is 0. The molecule has 1 unspecified atom stereocenters. The summed E-state index contributed by atoms with van der Waals surface area (Å²) in [7, 11) is 1.92. The first-order chi connectivity index (χ1) is 5.88. The minimum Gasteiger partial charge on any atom is -0.496 e. The van der Waals surface area contributed by atoms with Crippen LogP contribution in [0, 0.1) is 0 Å². The minimum atomic E-state index is 0.229. The zero-order chi connectivity index (χ0) is 8.81. The van der Waals surface area contributed by atoms with Crippen molar-refractivity contribution >= 4 is 0 Å². The standard InChI is InChI=1S/C9H17NO2/c1-3-11-7-8(10-2)9-5-4-6-12-9/h5,8,10H,3-4,6-7H2,1-2H3. The van der Waals surface area contributed by atoms with E-state index in [0.29, 0.717) is 6.61 Å². The monoisotopic (exact) mass is 171 g/mol. The van der Waals surface area contributed by atoms with Crippen molar-refractivity contribution in [1.29, 1.82) is 0 Å². The maximum Gasteiger partial charge on any atom is 0.111 e. The maximum absolute atomic E-state index is 5.42. The third-order valence-electron chi connectivity index (χ3n) is 1.91. The van der Waals surface area contributed by atoms with Crippen LogP contribution in [0.15, 0.2) is 11.8 Å². The summed E-state index contributed by atoms with van der Waals surface area (Å²) in [5, 5.41) is 3.16. The highest BCUT2D eigenvalue weighted by molar-refractivity contribution is 5.06. The molecule has 0 fully saturated rings. The minimum absolute atomic E-state index is 0.229. The van der Waals surface area contributed by atoms with E-state index in [0.717, 1.165) is 25.4 Å². The zero-order valence-electron chi connectivity index (χ0n) is 7.80. The molecule has 1 atom stereocenters. The van der Waals surface area contributed by atoms with Gasteiger partial charge in [0.05, 0.1) is 19.3 Å². The van der Waals surface area contributed by atoms with Crippen LogP contribution in [-0.2, 0) is 9.47 Å². The van der Waals surface area contributed by atoms with Crippen LogP contribution in [0.1, 0.15) is 13.3 Å². The quantitative estimate of drug-likeness (QED) is 0.667. The highest BCUT2D eigenvalue weighted by Gasteiger charge is 2.16. The molecule has 0 spiro atoms. The second-order valence-electron chi connectivity index (χ2n) is 2.74. The van der Waals surface area contributed by atoms with E-state index < -0.39 is 0 Å². The van der Waals surface area contributed by atoms with Crippen molar-refractivity contribution in [2.75, 3.05) is 26.9 Å². The Morgan fingerprint density at radius 3 is 3.08 bits per heavy atom. The molecule has 0 amide bonds. The molecule has 0 aromatic rings. The number of likely N-dealkylation sites (N-methyl/N-ethyl adjacent to an activating group) is 1. The summed E-state index contributed by atoms with van der Waals surface area (Å²) in [6.45, 7) is 4.26. The average molecular weight is 171 g/mol. The van der Waals surface area contributed by atoms with Gasteiger partial charge in [-0.05, 0) is 20.0 Å². The van der Waals surface area contributed by atoms with E-state index in [1.165, 1.54) is 0 Å². The molecule has 0 bridgehead atoms. The molecule has 0 saturated carbocycles. The van der Waals surface area contributed by atoms with Crippen molar-refractivity contribution < 1.29 is 9.47 Å². The van der Waals surface area contributed by atoms with Gasteiger partial charge in [-0.3, -0.25) is 0 Å². The van der Waals surface area contributed by atoms with Crippen molar-refractivity contribution in [2.24, 2.45) is 0 Å². The molecule has 3 heteroatoms. The Hall–Kier alpha value is -0.540. The highest BCUT2D eigenvalue weighted by Crippen LogP contribution is 2.13. The first-order valence-electron chi connectivity index (χ1n) is 4.46. The van der Waals surface area contributed by atoms with Crippen molar-refractivity contribution in [3.8, 4) is 0 Å². The Kier molecular flexibility index (Phi) is 4.11. The van der Waals surface area contributed by atoms with Gasteiger partial charge in [-0.2, -0.15) is 0 Å². The smallest absolute Gasteiger partial charge is 0.111 e. The SMILES string of the molecule is CCOCC(NC)C1=CCCO1. The Balaban J connectivity index is 2.33. The topological polar surface area (TPSA) is 30.5 Å². The van der Waals surface area contributed by atoms with Gasteiger partial charge in [0.1, 0.15) is 5.76 Å². The molecule has 1 aliphatic heterocycles. The number of rotatable bonds is 5. The molecule has 0 radical (unpaired) electrons. The molecule has 3 nitrogen and oxygen atoms in total. The summed E-state index contributed by atoms with van der Waals surface area (Å²) in [6, 6.07) is 0.229. The van der Waals surface area contributed by atoms with E-state index in [9.17, 15) is 0 Å². The second-order valence-corrected chi connectivity index (χ2v) is 2.74. The van der Waals surface area contributed by atoms with Gasteiger partial charge in [0.2, 0.25) is 0 Å². The van der Waals surface area contributed by atoms with E-state index in [1.54, 1.807) is 0 Å². The predicted molar refractivity (Wildman–Crippen MR) is 48.0 cm³/mol. The van der Waals surface area contributed by atoms with Crippen molar-refractivity contribution in [3.05, 3.63) is 11.8 Å². The lowest BCUT2D eigenvalue weighted by atomic mass is 10.2. The Bertz CT molecular complexity index is 157. The molecule has 12 heavy (non-hydrogen) atoms. The average Bonchev–Trinajstić information content (AvgIpc) is 2.59. The molecule has 1 heterocycles. The summed E-state index contributed by atoms with van der Waals surface area (Å²) in [5.74, 6) is 1.03. The van der Waals surface area contributed by atoms with Gasteiger partial charge in [0.25, 0.3) is 0 Å². The molecule has 70 valence electrons. The third kappa shape index (κ3) is 2.50. The van der Waals surface area contributed by atoms with Crippen LogP contribution >= 0.6 is 0 Å². The number of ether oxygens (including phenoxy) is 2. The molecule has 1 N–H and O–H groups in total. The number of hydrogen-bond acceptors (Lipinski definition) is 3. The molecule has 1 aliphatic rings. The normalized spacial score (nSPS) is 18.7. The first-order valence-corrected chi connectivity index (χ1v) is 4.46. The number of hydrogen-bond donors (Lipinski definition) is 1. The van der Waals surface area contributed by atoms with E-state index >= 15 is 0 Å². The lowest BCUT2D eigenvalue weighted by molar-refractivity contribution is 0.110. The van der Waals surface area contributed by atoms with Gasteiger partial charge in [-0.15, -0.1) is 0 Å². The molecular weight excluding hydrogens is 154 g/mol. The van der Waals surface area contributed by atoms with Crippen LogP contribution in [0.2, 0.25) is 0 Å². The van der Waals surface area contributed by atoms with Crippen LogP contribution in [0.3, 0.4) is 0 Å². The fourth-order valence-electron chi connectivity index (χ4n) is 1.22. The molecule has 0 aliphatic carbocycles. The Morgan fingerprint density at radius 2 is 2.58 bits per heavy atom. The second kappa shape index (κ2) is 5.17. The van der Waals surface area contributed by atoms with E-state index in [2.05, 4.69) is 11.4 Å². The maximum atomic E-state index is 5.42. The van der Waals surface area contributed by atoms with Crippen LogP contribution in [0.25, 0.3) is 0 Å². The molecule has 0 saturated heterocycles. The van der Waals surface area contributed by atoms with Crippen LogP contribution < -0.4 is 5.32 Å². The molecule has 1 rings (SSSR count). The lowest BCUT2D eigenvalue weighted by Crippen LogP contribution is -2.32. The van der Waals surface area contributed by atoms with E-state index in [1.807, 2.05) is 14.0 Å². The zero-order valence-corrected chi connectivity index (χ0v) is 7.80. The first kappa shape index (κ1) is 9.55. The van der Waals surface area contributed by atoms with Crippen LogP contribution in [0.5, 0.6) is 0 Å². The Morgan fingerprint density at radius 1 is 1.75 bits per heavy atom. The van der Waals surface area contributed by atoms with E-state index in [-0.39, 0.29) is 6.04 Å². The molecule has 0 aromatic carbocycles. The Labute approximate surface area is 73.7 Å². The van der Waals surface area contributed by atoms with Gasteiger partial charge in [-0.25, -0.2) is 0 Å². The van der Waals surface area contributed by atoms with Gasteiger partial charge in [0, 0.05) is 13.0 Å². The van der Waals surface area contributed by atoms with Gasteiger partial charge in [-0.1, -0.05) is 0 Å². The van der Waals surface area contributed by atoms with Crippen LogP contribution in [0.4, 0.5) is 0 Å². The summed E-state index contributed by atoms with van der Waals surface area (Å²) in [6.07, 6.45) is 3.15. The molecular formula is C9H17NO2. The largest absolute Gasteiger partial charge is 0.496 e. The van der Waals surface area contributed by atoms with Crippen molar-refractivity contribution in [1.82, 2.24) is 5.32 Å². The summed E-state index contributed by atoms with van der Waals surface area (Å²) < 4.78 is 10.7. The fraction of sp³-hybridized carbons (Fsp3) is 0.778. The predicted octanol–water partition coefficient (Wildman–Crippen LogP) is 0.915. The van der Waals surface area contributed by atoms with Crippen molar-refractivity contribution in [2.45, 2.75) is 19.4 Å². The molecule has 0 aromatic heterocycles. The third-order valence-corrected chi connectivity index (χ3v) is 1.91. The van der Waals surface area contributed by atoms with Gasteiger partial charge >= 0.3 is 0 Å². The van der Waals surface area contributed by atoms with E-state index in [4.69, 9.17) is 9.47 Å². The summed E-state index contributed by atoms with van der Waals surface area (Å²) in [4.78, 5) is 0. The van der Waals surface area contributed by atoms with Gasteiger partial charge in [0.15, 0.2) is 0 Å². The van der Waals surface area contributed by atoms with Crippen molar-refractivity contribution in [3.63, 3.8) is 0 Å². The highest BCUT2D eigenvalue weighted by atomic mass is 16.5. The van der Waals surface area contributed by atoms with Crippen LogP contribution in [-0.4, -0.2) is 32.9 Å².